The van der Waals surface area contributed by atoms with Crippen molar-refractivity contribution in [1.29, 1.82) is 0 Å². The van der Waals surface area contributed by atoms with Gasteiger partial charge in [-0.1, -0.05) is 12.1 Å². The first-order chi connectivity index (χ1) is 10.4. The molecular formula is C14H12F3N3O2. The number of nitrogens with one attached hydrogen (secondary N) is 2. The van der Waals surface area contributed by atoms with Gasteiger partial charge in [-0.3, -0.25) is 10.1 Å². The third-order valence-electron chi connectivity index (χ3n) is 3.65. The first kappa shape index (κ1) is 14.6. The Kier molecular flexibility index (Phi) is 3.40. The summed E-state index contributed by atoms with van der Waals surface area (Å²) >= 11 is 0. The van der Waals surface area contributed by atoms with Crippen LogP contribution in [0.2, 0.25) is 0 Å². The molecule has 2 atom stereocenters. The van der Waals surface area contributed by atoms with Gasteiger partial charge in [0.1, 0.15) is 6.04 Å². The van der Waals surface area contributed by atoms with Crippen LogP contribution in [0.15, 0.2) is 30.6 Å². The third kappa shape index (κ3) is 2.57. The highest BCUT2D eigenvalue weighted by atomic mass is 19.4. The summed E-state index contributed by atoms with van der Waals surface area (Å²) in [5, 5.41) is 12.0. The zero-order chi connectivity index (χ0) is 15.9. The molecule has 0 spiro atoms. The quantitative estimate of drug-likeness (QED) is 0.794. The van der Waals surface area contributed by atoms with Gasteiger partial charge in [-0.25, -0.2) is 4.98 Å². The number of aliphatic carboxylic acids is 1. The SMILES string of the molecule is O=C(O)[C@@H]1Cc2[nH]cnc2[C@H](c2cccc(C(F)(F)F)c2)N1. The van der Waals surface area contributed by atoms with Crippen LogP contribution in [-0.2, 0) is 17.4 Å². The molecule has 0 saturated carbocycles. The molecule has 1 aromatic heterocycles. The molecule has 1 aliphatic rings. The number of fused-ring (bicyclic) bond motifs is 1. The zero-order valence-electron chi connectivity index (χ0n) is 11.2. The van der Waals surface area contributed by atoms with Crippen LogP contribution in [0.25, 0.3) is 0 Å². The lowest BCUT2D eigenvalue weighted by molar-refractivity contribution is -0.140. The lowest BCUT2D eigenvalue weighted by atomic mass is 9.93. The maximum Gasteiger partial charge on any atom is 0.416 e. The number of benzene rings is 1. The smallest absolute Gasteiger partial charge is 0.416 e. The Bertz CT molecular complexity index is 711. The van der Waals surface area contributed by atoms with E-state index in [1.807, 2.05) is 0 Å². The number of carbonyl (C=O) groups is 1. The number of aromatic amines is 1. The van der Waals surface area contributed by atoms with E-state index in [1.165, 1.54) is 18.5 Å². The van der Waals surface area contributed by atoms with Crippen LogP contribution in [0.4, 0.5) is 13.2 Å². The van der Waals surface area contributed by atoms with Crippen LogP contribution < -0.4 is 5.32 Å². The van der Waals surface area contributed by atoms with Gasteiger partial charge in [0.25, 0.3) is 0 Å². The minimum Gasteiger partial charge on any atom is -0.480 e. The lowest BCUT2D eigenvalue weighted by Crippen LogP contribution is -2.45. The number of carboxylic acids is 1. The number of imidazole rings is 1. The van der Waals surface area contributed by atoms with E-state index in [-0.39, 0.29) is 6.42 Å². The summed E-state index contributed by atoms with van der Waals surface area (Å²) in [4.78, 5) is 18.2. The van der Waals surface area contributed by atoms with Crippen molar-refractivity contribution < 1.29 is 23.1 Å². The monoisotopic (exact) mass is 311 g/mol. The molecule has 5 nitrogen and oxygen atoms in total. The molecule has 0 bridgehead atoms. The van der Waals surface area contributed by atoms with E-state index in [2.05, 4.69) is 15.3 Å². The first-order valence-electron chi connectivity index (χ1n) is 6.54. The Morgan fingerprint density at radius 1 is 1.36 bits per heavy atom. The molecule has 22 heavy (non-hydrogen) atoms. The second kappa shape index (κ2) is 5.13. The maximum absolute atomic E-state index is 12.8. The van der Waals surface area contributed by atoms with Crippen molar-refractivity contribution >= 4 is 5.97 Å². The van der Waals surface area contributed by atoms with E-state index < -0.39 is 29.8 Å². The summed E-state index contributed by atoms with van der Waals surface area (Å²) in [6, 6.07) is 3.24. The van der Waals surface area contributed by atoms with Crippen LogP contribution >= 0.6 is 0 Å². The predicted octanol–water partition coefficient (Wildman–Crippen LogP) is 2.12. The lowest BCUT2D eigenvalue weighted by Gasteiger charge is -2.28. The normalized spacial score (nSPS) is 21.4. The van der Waals surface area contributed by atoms with Gasteiger partial charge in [0, 0.05) is 12.1 Å². The molecule has 0 amide bonds. The number of aromatic nitrogens is 2. The fourth-order valence-electron chi connectivity index (χ4n) is 2.59. The van der Waals surface area contributed by atoms with Crippen LogP contribution in [0.5, 0.6) is 0 Å². The maximum atomic E-state index is 12.8. The fraction of sp³-hybridized carbons (Fsp3) is 0.286. The first-order valence-corrected chi connectivity index (χ1v) is 6.54. The van der Waals surface area contributed by atoms with Gasteiger partial charge in [0.15, 0.2) is 0 Å². The summed E-state index contributed by atoms with van der Waals surface area (Å²) in [5.41, 5.74) is 0.695. The van der Waals surface area contributed by atoms with Crippen molar-refractivity contribution in [2.45, 2.75) is 24.7 Å². The van der Waals surface area contributed by atoms with Gasteiger partial charge in [-0.05, 0) is 17.7 Å². The summed E-state index contributed by atoms with van der Waals surface area (Å²) in [7, 11) is 0. The Hall–Kier alpha value is -2.35. The highest BCUT2D eigenvalue weighted by Crippen LogP contribution is 2.33. The Labute approximate surface area is 123 Å². The van der Waals surface area contributed by atoms with Crippen molar-refractivity contribution in [3.05, 3.63) is 53.1 Å². The molecule has 2 heterocycles. The van der Waals surface area contributed by atoms with E-state index in [9.17, 15) is 23.1 Å². The van der Waals surface area contributed by atoms with E-state index >= 15 is 0 Å². The van der Waals surface area contributed by atoms with Crippen LogP contribution in [0, 0.1) is 0 Å². The van der Waals surface area contributed by atoms with Crippen molar-refractivity contribution in [2.24, 2.45) is 0 Å². The molecule has 0 radical (unpaired) electrons. The van der Waals surface area contributed by atoms with E-state index in [0.29, 0.717) is 17.0 Å². The minimum atomic E-state index is -4.45. The van der Waals surface area contributed by atoms with Crippen LogP contribution in [-0.4, -0.2) is 27.1 Å². The van der Waals surface area contributed by atoms with Gasteiger partial charge in [0.2, 0.25) is 0 Å². The fourth-order valence-corrected chi connectivity index (χ4v) is 2.59. The Morgan fingerprint density at radius 2 is 2.14 bits per heavy atom. The van der Waals surface area contributed by atoms with Gasteiger partial charge in [-0.15, -0.1) is 0 Å². The molecule has 0 saturated heterocycles. The highest BCUT2D eigenvalue weighted by molar-refractivity contribution is 5.74. The molecule has 1 aliphatic heterocycles. The van der Waals surface area contributed by atoms with Crippen molar-refractivity contribution in [3.63, 3.8) is 0 Å². The number of hydrogen-bond acceptors (Lipinski definition) is 3. The van der Waals surface area contributed by atoms with E-state index in [1.54, 1.807) is 0 Å². The molecule has 2 aromatic rings. The number of nitrogens with zero attached hydrogens (tertiary/aromatic N) is 1. The zero-order valence-corrected chi connectivity index (χ0v) is 11.2. The molecule has 1 aromatic carbocycles. The molecule has 0 aliphatic carbocycles. The topological polar surface area (TPSA) is 78.0 Å². The van der Waals surface area contributed by atoms with Gasteiger partial charge >= 0.3 is 12.1 Å². The second-order valence-corrected chi connectivity index (χ2v) is 5.08. The Balaban J connectivity index is 2.02. The van der Waals surface area contributed by atoms with Crippen LogP contribution in [0.1, 0.15) is 28.6 Å². The van der Waals surface area contributed by atoms with Crippen LogP contribution in [0.3, 0.4) is 0 Å². The summed E-state index contributed by atoms with van der Waals surface area (Å²) < 4.78 is 38.5. The number of H-pyrrole nitrogens is 1. The van der Waals surface area contributed by atoms with E-state index in [4.69, 9.17) is 0 Å². The average molecular weight is 311 g/mol. The highest BCUT2D eigenvalue weighted by Gasteiger charge is 2.35. The molecular weight excluding hydrogens is 299 g/mol. The summed E-state index contributed by atoms with van der Waals surface area (Å²) in [6.45, 7) is 0. The molecule has 0 fully saturated rings. The number of rotatable bonds is 2. The van der Waals surface area contributed by atoms with Gasteiger partial charge < -0.3 is 10.1 Å². The summed E-state index contributed by atoms with van der Waals surface area (Å²) in [6.07, 6.45) is -2.83. The second-order valence-electron chi connectivity index (χ2n) is 5.08. The number of alkyl halides is 3. The summed E-state index contributed by atoms with van der Waals surface area (Å²) in [5.74, 6) is -1.06. The largest absolute Gasteiger partial charge is 0.480 e. The number of halogens is 3. The predicted molar refractivity (Wildman–Crippen MR) is 70.1 cm³/mol. The third-order valence-corrected chi connectivity index (χ3v) is 3.65. The molecule has 8 heteroatoms. The molecule has 116 valence electrons. The molecule has 3 N–H and O–H groups in total. The Morgan fingerprint density at radius 3 is 2.82 bits per heavy atom. The minimum absolute atomic E-state index is 0.208. The van der Waals surface area contributed by atoms with Crippen molar-refractivity contribution in [1.82, 2.24) is 15.3 Å². The van der Waals surface area contributed by atoms with Crippen molar-refractivity contribution in [2.75, 3.05) is 0 Å². The average Bonchev–Trinajstić information content (AvgIpc) is 2.93. The van der Waals surface area contributed by atoms with Gasteiger partial charge in [-0.2, -0.15) is 13.2 Å². The standard InChI is InChI=1S/C14H12F3N3O2/c15-14(16,17)8-3-1-2-7(4-8)11-12-9(18-6-19-12)5-10(20-11)13(21)22/h1-4,6,10-11,20H,5H2,(H,18,19)(H,21,22)/t10-,11-/m0/s1. The number of hydrogen-bond donors (Lipinski definition) is 3. The molecule has 3 rings (SSSR count). The van der Waals surface area contributed by atoms with Gasteiger partial charge in [0.05, 0.1) is 23.6 Å². The number of carboxylic acid groups (broad SMARTS) is 1. The molecule has 0 unspecified atom stereocenters. The van der Waals surface area contributed by atoms with E-state index in [0.717, 1.165) is 12.1 Å². The van der Waals surface area contributed by atoms with Crippen molar-refractivity contribution in [3.8, 4) is 0 Å².